The van der Waals surface area contributed by atoms with Gasteiger partial charge in [0.05, 0.1) is 26.2 Å². The minimum absolute atomic E-state index is 0.158. The van der Waals surface area contributed by atoms with Gasteiger partial charge in [0.2, 0.25) is 11.6 Å². The van der Waals surface area contributed by atoms with Crippen LogP contribution in [0.1, 0.15) is 16.2 Å². The smallest absolute Gasteiger partial charge is 0.342 e. The van der Waals surface area contributed by atoms with Crippen molar-refractivity contribution in [3.8, 4) is 28.0 Å². The summed E-state index contributed by atoms with van der Waals surface area (Å²) in [6.07, 6.45) is 0. The topological polar surface area (TPSA) is 92.9 Å². The fourth-order valence-electron chi connectivity index (χ4n) is 2.29. The lowest BCUT2D eigenvalue weighted by atomic mass is 10.1. The van der Waals surface area contributed by atoms with E-state index in [-0.39, 0.29) is 23.8 Å². The molecule has 2 heterocycles. The summed E-state index contributed by atoms with van der Waals surface area (Å²) in [5.41, 5.74) is 0.197. The Morgan fingerprint density at radius 1 is 1.12 bits per heavy atom. The number of thiophene rings is 1. The normalized spacial score (nSPS) is 10.4. The minimum Gasteiger partial charge on any atom is -0.493 e. The summed E-state index contributed by atoms with van der Waals surface area (Å²) in [5, 5.41) is 5.78. The molecule has 0 radical (unpaired) electrons. The average molecular weight is 376 g/mol. The molecular formula is C17H16N2O6S. The molecule has 0 amide bonds. The van der Waals surface area contributed by atoms with Crippen LogP contribution < -0.4 is 14.2 Å². The Hall–Kier alpha value is -3.07. The molecule has 26 heavy (non-hydrogen) atoms. The summed E-state index contributed by atoms with van der Waals surface area (Å²) < 4.78 is 26.1. The zero-order chi connectivity index (χ0) is 18.5. The maximum atomic E-state index is 12.4. The first-order valence-electron chi connectivity index (χ1n) is 7.50. The van der Waals surface area contributed by atoms with Gasteiger partial charge in [-0.05, 0) is 23.6 Å². The number of methoxy groups -OCH3 is 3. The SMILES string of the molecule is COc1ccc(C(=O)OCc2nc(-c3cccs3)no2)c(OC)c1OC. The molecule has 0 bridgehead atoms. The van der Waals surface area contributed by atoms with Gasteiger partial charge in [0.15, 0.2) is 18.1 Å². The average Bonchev–Trinajstić information content (AvgIpc) is 3.35. The van der Waals surface area contributed by atoms with E-state index in [2.05, 4.69) is 10.1 Å². The zero-order valence-corrected chi connectivity index (χ0v) is 15.2. The van der Waals surface area contributed by atoms with Crippen molar-refractivity contribution >= 4 is 17.3 Å². The molecule has 0 saturated carbocycles. The van der Waals surface area contributed by atoms with Crippen molar-refractivity contribution in [1.82, 2.24) is 10.1 Å². The van der Waals surface area contributed by atoms with E-state index in [1.807, 2.05) is 17.5 Å². The molecule has 0 fully saturated rings. The van der Waals surface area contributed by atoms with Gasteiger partial charge in [0.25, 0.3) is 5.89 Å². The van der Waals surface area contributed by atoms with Crippen LogP contribution in [0, 0.1) is 0 Å². The van der Waals surface area contributed by atoms with Gasteiger partial charge >= 0.3 is 5.97 Å². The number of benzene rings is 1. The molecule has 136 valence electrons. The first-order chi connectivity index (χ1) is 12.7. The van der Waals surface area contributed by atoms with Crippen LogP contribution in [0.25, 0.3) is 10.7 Å². The predicted octanol–water partition coefficient (Wildman–Crippen LogP) is 3.18. The number of nitrogens with zero attached hydrogens (tertiary/aromatic N) is 2. The molecule has 0 unspecified atom stereocenters. The monoisotopic (exact) mass is 376 g/mol. The number of hydrogen-bond acceptors (Lipinski definition) is 9. The van der Waals surface area contributed by atoms with Gasteiger partial charge in [-0.25, -0.2) is 4.79 Å². The second kappa shape index (κ2) is 7.87. The second-order valence-electron chi connectivity index (χ2n) is 4.95. The number of carbonyl (C=O) groups is 1. The molecule has 0 aliphatic carbocycles. The first kappa shape index (κ1) is 17.7. The van der Waals surface area contributed by atoms with Crippen LogP contribution >= 0.6 is 11.3 Å². The lowest BCUT2D eigenvalue weighted by molar-refractivity contribution is 0.0425. The van der Waals surface area contributed by atoms with E-state index >= 15 is 0 Å². The van der Waals surface area contributed by atoms with E-state index in [0.717, 1.165) is 4.88 Å². The number of esters is 1. The molecule has 0 atom stereocenters. The highest BCUT2D eigenvalue weighted by Crippen LogP contribution is 2.40. The molecule has 3 aromatic rings. The van der Waals surface area contributed by atoms with Gasteiger partial charge in [-0.3, -0.25) is 0 Å². The summed E-state index contributed by atoms with van der Waals surface area (Å²) in [6, 6.07) is 6.89. The van der Waals surface area contributed by atoms with E-state index in [1.54, 1.807) is 6.07 Å². The van der Waals surface area contributed by atoms with E-state index in [4.69, 9.17) is 23.5 Å². The summed E-state index contributed by atoms with van der Waals surface area (Å²) in [6.45, 7) is -0.158. The van der Waals surface area contributed by atoms with Crippen molar-refractivity contribution in [1.29, 1.82) is 0 Å². The van der Waals surface area contributed by atoms with Crippen molar-refractivity contribution in [2.45, 2.75) is 6.61 Å². The number of rotatable bonds is 7. The van der Waals surface area contributed by atoms with Gasteiger partial charge in [-0.2, -0.15) is 4.98 Å². The Morgan fingerprint density at radius 3 is 2.58 bits per heavy atom. The van der Waals surface area contributed by atoms with Gasteiger partial charge in [0.1, 0.15) is 5.56 Å². The van der Waals surface area contributed by atoms with Gasteiger partial charge in [0, 0.05) is 0 Å². The third-order valence-electron chi connectivity index (χ3n) is 3.46. The van der Waals surface area contributed by atoms with Crippen molar-refractivity contribution in [2.24, 2.45) is 0 Å². The molecule has 0 aliphatic rings. The van der Waals surface area contributed by atoms with E-state index < -0.39 is 5.97 Å². The highest BCUT2D eigenvalue weighted by molar-refractivity contribution is 7.13. The Balaban J connectivity index is 1.74. The van der Waals surface area contributed by atoms with Crippen LogP contribution in [0.3, 0.4) is 0 Å². The van der Waals surface area contributed by atoms with Crippen LogP contribution in [0.4, 0.5) is 0 Å². The van der Waals surface area contributed by atoms with E-state index in [9.17, 15) is 4.79 Å². The number of carbonyl (C=O) groups excluding carboxylic acids is 1. The van der Waals surface area contributed by atoms with Crippen LogP contribution in [-0.2, 0) is 11.3 Å². The minimum atomic E-state index is -0.612. The summed E-state index contributed by atoms with van der Waals surface area (Å²) in [4.78, 5) is 17.5. The molecular weight excluding hydrogens is 360 g/mol. The van der Waals surface area contributed by atoms with Gasteiger partial charge in [-0.1, -0.05) is 11.2 Å². The predicted molar refractivity (Wildman–Crippen MR) is 92.8 cm³/mol. The highest BCUT2D eigenvalue weighted by atomic mass is 32.1. The number of hydrogen-bond donors (Lipinski definition) is 0. The standard InChI is InChI=1S/C17H16N2O6S/c1-21-11-7-6-10(14(22-2)15(11)23-3)17(20)24-9-13-18-16(19-25-13)12-5-4-8-26-12/h4-8H,9H2,1-3H3. The fraction of sp³-hybridized carbons (Fsp3) is 0.235. The third-order valence-corrected chi connectivity index (χ3v) is 4.33. The van der Waals surface area contributed by atoms with Crippen LogP contribution in [-0.4, -0.2) is 37.4 Å². The molecule has 0 spiro atoms. The summed E-state index contributed by atoms with van der Waals surface area (Å²) >= 11 is 1.49. The van der Waals surface area contributed by atoms with Gasteiger partial charge in [-0.15, -0.1) is 11.3 Å². The molecule has 0 saturated heterocycles. The molecule has 3 rings (SSSR count). The Kier molecular flexibility index (Phi) is 5.37. The number of aromatic nitrogens is 2. The molecule has 2 aromatic heterocycles. The Morgan fingerprint density at radius 2 is 1.92 bits per heavy atom. The first-order valence-corrected chi connectivity index (χ1v) is 8.38. The van der Waals surface area contributed by atoms with E-state index in [0.29, 0.717) is 17.3 Å². The molecule has 1 aromatic carbocycles. The third kappa shape index (κ3) is 3.47. The van der Waals surface area contributed by atoms with E-state index in [1.165, 1.54) is 38.7 Å². The lowest BCUT2D eigenvalue weighted by Crippen LogP contribution is -2.09. The second-order valence-corrected chi connectivity index (χ2v) is 5.89. The number of ether oxygens (including phenoxy) is 4. The summed E-state index contributed by atoms with van der Waals surface area (Å²) in [5.74, 6) is 1.01. The largest absolute Gasteiger partial charge is 0.493 e. The quantitative estimate of drug-likeness (QED) is 0.581. The lowest BCUT2D eigenvalue weighted by Gasteiger charge is -2.14. The van der Waals surface area contributed by atoms with Crippen LogP contribution in [0.15, 0.2) is 34.2 Å². The van der Waals surface area contributed by atoms with Crippen LogP contribution in [0.2, 0.25) is 0 Å². The maximum Gasteiger partial charge on any atom is 0.342 e. The fourth-order valence-corrected chi connectivity index (χ4v) is 2.94. The van der Waals surface area contributed by atoms with Crippen molar-refractivity contribution in [2.75, 3.05) is 21.3 Å². The van der Waals surface area contributed by atoms with Crippen molar-refractivity contribution in [3.05, 3.63) is 41.1 Å². The molecule has 8 nitrogen and oxygen atoms in total. The van der Waals surface area contributed by atoms with Crippen molar-refractivity contribution in [3.63, 3.8) is 0 Å². The highest BCUT2D eigenvalue weighted by Gasteiger charge is 2.22. The summed E-state index contributed by atoms with van der Waals surface area (Å²) in [7, 11) is 4.38. The van der Waals surface area contributed by atoms with Crippen molar-refractivity contribution < 1.29 is 28.3 Å². The molecule has 0 aliphatic heterocycles. The molecule has 9 heteroatoms. The zero-order valence-electron chi connectivity index (χ0n) is 14.3. The maximum absolute atomic E-state index is 12.4. The van der Waals surface area contributed by atoms with Gasteiger partial charge < -0.3 is 23.5 Å². The van der Waals surface area contributed by atoms with Crippen LogP contribution in [0.5, 0.6) is 17.2 Å². The Bertz CT molecular complexity index is 891. The molecule has 0 N–H and O–H groups in total. The Labute approximate surface area is 153 Å².